The molecular formula is C19H17ClN6OS2. The van der Waals surface area contributed by atoms with E-state index < -0.39 is 6.04 Å². The summed E-state index contributed by atoms with van der Waals surface area (Å²) in [6, 6.07) is 14.8. The average molecular weight is 445 g/mol. The number of nitrogens with two attached hydrogens (primary N) is 1. The maximum Gasteiger partial charge on any atom is 0.249 e. The predicted octanol–water partition coefficient (Wildman–Crippen LogP) is 4.62. The topological polar surface area (TPSA) is 98.7 Å². The molecule has 1 amide bonds. The van der Waals surface area contributed by atoms with Crippen LogP contribution in [0.4, 0.5) is 11.1 Å². The molecule has 0 aliphatic heterocycles. The number of carbonyl (C=O) groups excluding carboxylic acids is 1. The van der Waals surface area contributed by atoms with Gasteiger partial charge in [0.25, 0.3) is 0 Å². The number of nitrogens with zero attached hydrogens (tertiary/aromatic N) is 4. The maximum absolute atomic E-state index is 12.8. The third kappa shape index (κ3) is 4.36. The van der Waals surface area contributed by atoms with Crippen molar-refractivity contribution in [3.05, 3.63) is 59.1 Å². The van der Waals surface area contributed by atoms with Crippen molar-refractivity contribution in [3.8, 4) is 0 Å². The number of amides is 1. The van der Waals surface area contributed by atoms with Gasteiger partial charge in [-0.15, -0.1) is 10.2 Å². The van der Waals surface area contributed by atoms with Gasteiger partial charge >= 0.3 is 0 Å². The fraction of sp³-hybridized carbons (Fsp3) is 0.158. The fourth-order valence-corrected chi connectivity index (χ4v) is 4.87. The smallest absolute Gasteiger partial charge is 0.249 e. The van der Waals surface area contributed by atoms with Crippen LogP contribution in [0, 0.1) is 0 Å². The number of nitrogen functional groups attached to an aromatic ring is 1. The van der Waals surface area contributed by atoms with Crippen LogP contribution in [0.2, 0.25) is 5.02 Å². The molecule has 0 radical (unpaired) electrons. The van der Waals surface area contributed by atoms with Crippen molar-refractivity contribution in [1.29, 1.82) is 0 Å². The van der Waals surface area contributed by atoms with Gasteiger partial charge in [-0.1, -0.05) is 65.0 Å². The van der Waals surface area contributed by atoms with Gasteiger partial charge < -0.3 is 11.1 Å². The number of carbonyl (C=O) groups is 1. The van der Waals surface area contributed by atoms with Crippen molar-refractivity contribution in [1.82, 2.24) is 19.7 Å². The van der Waals surface area contributed by atoms with E-state index in [-0.39, 0.29) is 11.9 Å². The zero-order chi connectivity index (χ0) is 20.4. The highest BCUT2D eigenvalue weighted by molar-refractivity contribution is 7.98. The number of hydrogen-bond donors (Lipinski definition) is 2. The third-order valence-corrected chi connectivity index (χ3v) is 6.43. The van der Waals surface area contributed by atoms with E-state index in [1.165, 1.54) is 23.1 Å². The highest BCUT2D eigenvalue weighted by Gasteiger charge is 2.23. The van der Waals surface area contributed by atoms with Crippen LogP contribution in [-0.2, 0) is 10.5 Å². The molecule has 10 heteroatoms. The molecule has 0 aliphatic rings. The minimum atomic E-state index is -0.598. The van der Waals surface area contributed by atoms with Crippen molar-refractivity contribution >= 4 is 61.9 Å². The van der Waals surface area contributed by atoms with Crippen molar-refractivity contribution in [2.75, 3.05) is 11.1 Å². The Labute approximate surface area is 180 Å². The van der Waals surface area contributed by atoms with Gasteiger partial charge in [-0.3, -0.25) is 9.36 Å². The first kappa shape index (κ1) is 19.7. The lowest BCUT2D eigenvalue weighted by atomic mass is 10.2. The molecule has 1 atom stereocenters. The van der Waals surface area contributed by atoms with Gasteiger partial charge in [0, 0.05) is 10.8 Å². The number of anilines is 2. The highest BCUT2D eigenvalue weighted by atomic mass is 35.5. The van der Waals surface area contributed by atoms with Gasteiger partial charge in [-0.25, -0.2) is 4.98 Å². The second kappa shape index (κ2) is 8.40. The standard InChI is InChI=1S/C19H17ClN6OS2/c1-11(16(27)23-18-22-14-8-7-13(20)9-15(14)29-18)26-17(21)24-25-19(26)28-10-12-5-3-2-4-6-12/h2-9,11H,10H2,1H3,(H2,21,24)(H,22,23,27). The largest absolute Gasteiger partial charge is 0.368 e. The number of rotatable bonds is 6. The minimum absolute atomic E-state index is 0.194. The van der Waals surface area contributed by atoms with Crippen LogP contribution < -0.4 is 11.1 Å². The van der Waals surface area contributed by atoms with E-state index in [0.29, 0.717) is 21.1 Å². The Morgan fingerprint density at radius 1 is 1.28 bits per heavy atom. The Kier molecular flexibility index (Phi) is 5.70. The summed E-state index contributed by atoms with van der Waals surface area (Å²) in [4.78, 5) is 17.3. The third-order valence-electron chi connectivity index (χ3n) is 4.25. The Morgan fingerprint density at radius 3 is 2.86 bits per heavy atom. The van der Waals surface area contributed by atoms with Crippen molar-refractivity contribution in [2.45, 2.75) is 23.9 Å². The van der Waals surface area contributed by atoms with E-state index in [4.69, 9.17) is 17.3 Å². The molecule has 29 heavy (non-hydrogen) atoms. The van der Waals surface area contributed by atoms with Crippen LogP contribution in [0.1, 0.15) is 18.5 Å². The maximum atomic E-state index is 12.8. The highest BCUT2D eigenvalue weighted by Crippen LogP contribution is 2.30. The Bertz CT molecular complexity index is 1160. The van der Waals surface area contributed by atoms with Gasteiger partial charge in [0.05, 0.1) is 10.2 Å². The van der Waals surface area contributed by atoms with Crippen LogP contribution >= 0.6 is 34.7 Å². The molecule has 4 aromatic rings. The Balaban J connectivity index is 1.50. The lowest BCUT2D eigenvalue weighted by molar-refractivity contribution is -0.118. The molecule has 4 rings (SSSR count). The van der Waals surface area contributed by atoms with E-state index in [1.54, 1.807) is 17.6 Å². The average Bonchev–Trinajstić information content (AvgIpc) is 3.28. The summed E-state index contributed by atoms with van der Waals surface area (Å²) in [7, 11) is 0. The van der Waals surface area contributed by atoms with Crippen molar-refractivity contribution < 1.29 is 4.79 Å². The van der Waals surface area contributed by atoms with Gasteiger partial charge in [0.15, 0.2) is 10.3 Å². The quantitative estimate of drug-likeness (QED) is 0.421. The lowest BCUT2D eigenvalue weighted by Crippen LogP contribution is -2.25. The first-order valence-electron chi connectivity index (χ1n) is 8.75. The molecular weight excluding hydrogens is 428 g/mol. The van der Waals surface area contributed by atoms with E-state index in [9.17, 15) is 4.79 Å². The summed E-state index contributed by atoms with van der Waals surface area (Å²) in [6.07, 6.45) is 0. The SMILES string of the molecule is CC(C(=O)Nc1nc2ccc(Cl)cc2s1)n1c(N)nnc1SCc1ccccc1. The number of hydrogen-bond acceptors (Lipinski definition) is 7. The van der Waals surface area contributed by atoms with Gasteiger partial charge in [-0.05, 0) is 30.7 Å². The molecule has 0 aliphatic carbocycles. The number of benzene rings is 2. The first-order chi connectivity index (χ1) is 14.0. The zero-order valence-electron chi connectivity index (χ0n) is 15.4. The van der Waals surface area contributed by atoms with Gasteiger partial charge in [-0.2, -0.15) is 0 Å². The Hall–Kier alpha value is -2.62. The molecule has 3 N–H and O–H groups in total. The van der Waals surface area contributed by atoms with Crippen LogP contribution in [0.5, 0.6) is 0 Å². The molecule has 1 unspecified atom stereocenters. The number of thioether (sulfide) groups is 1. The molecule has 0 spiro atoms. The molecule has 0 bridgehead atoms. The van der Waals surface area contributed by atoms with E-state index in [0.717, 1.165) is 15.8 Å². The van der Waals surface area contributed by atoms with Crippen LogP contribution in [0.3, 0.4) is 0 Å². The molecule has 2 aromatic carbocycles. The van der Waals surface area contributed by atoms with Gasteiger partial charge in [0.2, 0.25) is 11.9 Å². The summed E-state index contributed by atoms with van der Waals surface area (Å²) < 4.78 is 2.54. The molecule has 0 saturated heterocycles. The van der Waals surface area contributed by atoms with E-state index in [2.05, 4.69) is 20.5 Å². The number of thiazole rings is 1. The lowest BCUT2D eigenvalue weighted by Gasteiger charge is -2.15. The molecule has 2 aromatic heterocycles. The molecule has 0 fully saturated rings. The summed E-state index contributed by atoms with van der Waals surface area (Å²) >= 11 is 8.86. The van der Waals surface area contributed by atoms with E-state index >= 15 is 0 Å². The van der Waals surface area contributed by atoms with Crippen molar-refractivity contribution in [3.63, 3.8) is 0 Å². The number of aromatic nitrogens is 4. The van der Waals surface area contributed by atoms with Crippen LogP contribution in [0.15, 0.2) is 53.7 Å². The van der Waals surface area contributed by atoms with Crippen molar-refractivity contribution in [2.24, 2.45) is 0 Å². The Morgan fingerprint density at radius 2 is 2.07 bits per heavy atom. The minimum Gasteiger partial charge on any atom is -0.368 e. The predicted molar refractivity (Wildman–Crippen MR) is 118 cm³/mol. The number of fused-ring (bicyclic) bond motifs is 1. The number of halogens is 1. The molecule has 148 valence electrons. The normalized spacial score (nSPS) is 12.2. The molecule has 0 saturated carbocycles. The van der Waals surface area contributed by atoms with Gasteiger partial charge in [0.1, 0.15) is 6.04 Å². The molecule has 2 heterocycles. The number of nitrogens with one attached hydrogen (secondary N) is 1. The zero-order valence-corrected chi connectivity index (χ0v) is 17.8. The summed E-state index contributed by atoms with van der Waals surface area (Å²) in [5.74, 6) is 0.647. The summed E-state index contributed by atoms with van der Waals surface area (Å²) in [6.45, 7) is 1.76. The fourth-order valence-electron chi connectivity index (χ4n) is 2.75. The molecule has 7 nitrogen and oxygen atoms in total. The second-order valence-corrected chi connectivity index (χ2v) is 8.69. The summed E-state index contributed by atoms with van der Waals surface area (Å²) in [5, 5.41) is 12.6. The first-order valence-corrected chi connectivity index (χ1v) is 10.9. The van der Waals surface area contributed by atoms with E-state index in [1.807, 2.05) is 42.5 Å². The van der Waals surface area contributed by atoms with Crippen LogP contribution in [0.25, 0.3) is 10.2 Å². The van der Waals surface area contributed by atoms with Crippen LogP contribution in [-0.4, -0.2) is 25.7 Å². The summed E-state index contributed by atoms with van der Waals surface area (Å²) in [5.41, 5.74) is 7.92. The second-order valence-electron chi connectivity index (χ2n) is 6.28. The monoisotopic (exact) mass is 444 g/mol.